The van der Waals surface area contributed by atoms with Crippen LogP contribution in [0, 0.1) is 5.92 Å². The molecule has 1 unspecified atom stereocenters. The van der Waals surface area contributed by atoms with Crippen molar-refractivity contribution < 1.29 is 19.9 Å². The van der Waals surface area contributed by atoms with Gasteiger partial charge >= 0.3 is 0 Å². The Morgan fingerprint density at radius 2 is 1.39 bits per heavy atom. The van der Waals surface area contributed by atoms with E-state index in [0.717, 1.165) is 73.3 Å². The maximum absolute atomic E-state index is 13.4. The van der Waals surface area contributed by atoms with Crippen LogP contribution in [0.15, 0.2) is 65.8 Å². The van der Waals surface area contributed by atoms with Crippen molar-refractivity contribution >= 4 is 39.1 Å². The molecule has 0 radical (unpaired) electrons. The third-order valence-corrected chi connectivity index (χ3v) is 8.15. The molecule has 41 heavy (non-hydrogen) atoms. The number of Topliss-reactive ketones (excluding diaryl/α,β-unsaturated/α-hetero) is 1. The van der Waals surface area contributed by atoms with Gasteiger partial charge in [0.15, 0.2) is 5.78 Å². The van der Waals surface area contributed by atoms with Crippen LogP contribution >= 0.6 is 0 Å². The lowest BCUT2D eigenvalue weighted by Gasteiger charge is -2.17. The summed E-state index contributed by atoms with van der Waals surface area (Å²) in [7, 11) is 0. The normalized spacial score (nSPS) is 12.7. The van der Waals surface area contributed by atoms with E-state index in [9.17, 15) is 19.9 Å². The Kier molecular flexibility index (Phi) is 10.3. The SMILES string of the molecule is CCCCCC/C(=N\O)C(=O)c1ccc2c(c1)c1cc(C(=O)c3ccc(O)cc3)ccc1n2CC(CC)CCCC. The molecule has 0 spiro atoms. The first-order valence-electron chi connectivity index (χ1n) is 15.1. The van der Waals surface area contributed by atoms with E-state index in [-0.39, 0.29) is 23.0 Å². The zero-order chi connectivity index (χ0) is 29.4. The van der Waals surface area contributed by atoms with Gasteiger partial charge in [-0.1, -0.05) is 64.5 Å². The summed E-state index contributed by atoms with van der Waals surface area (Å²) in [5.74, 6) is 0.236. The van der Waals surface area contributed by atoms with Gasteiger partial charge in [-0.2, -0.15) is 0 Å². The van der Waals surface area contributed by atoms with Gasteiger partial charge in [0.2, 0.25) is 5.78 Å². The molecule has 0 aliphatic heterocycles. The largest absolute Gasteiger partial charge is 0.508 e. The maximum atomic E-state index is 13.4. The molecule has 0 aliphatic rings. The number of hydrogen-bond donors (Lipinski definition) is 2. The monoisotopic (exact) mass is 554 g/mol. The summed E-state index contributed by atoms with van der Waals surface area (Å²) < 4.78 is 2.32. The molecule has 1 atom stereocenters. The Morgan fingerprint density at radius 1 is 0.780 bits per heavy atom. The van der Waals surface area contributed by atoms with Crippen molar-refractivity contribution in [3.05, 3.63) is 77.4 Å². The Hall–Kier alpha value is -3.93. The Bertz CT molecular complexity index is 1530. The van der Waals surface area contributed by atoms with E-state index in [2.05, 4.69) is 30.5 Å². The Morgan fingerprint density at radius 3 is 2.00 bits per heavy atom. The van der Waals surface area contributed by atoms with Gasteiger partial charge in [0, 0.05) is 45.0 Å². The summed E-state index contributed by atoms with van der Waals surface area (Å²) in [5.41, 5.74) is 3.75. The maximum Gasteiger partial charge on any atom is 0.210 e. The molecule has 6 heteroatoms. The van der Waals surface area contributed by atoms with Crippen LogP contribution in [0.5, 0.6) is 5.75 Å². The molecule has 3 aromatic carbocycles. The first-order chi connectivity index (χ1) is 19.9. The lowest BCUT2D eigenvalue weighted by molar-refractivity contribution is 0.103. The number of phenols is 1. The zero-order valence-electron chi connectivity index (χ0n) is 24.5. The van der Waals surface area contributed by atoms with Crippen LogP contribution in [0.4, 0.5) is 0 Å². The van der Waals surface area contributed by atoms with Crippen LogP contribution in [0.25, 0.3) is 21.8 Å². The van der Waals surface area contributed by atoms with Crippen molar-refractivity contribution in [2.45, 2.75) is 85.1 Å². The molecule has 0 amide bonds. The van der Waals surface area contributed by atoms with Gasteiger partial charge in [-0.15, -0.1) is 0 Å². The third kappa shape index (κ3) is 6.87. The van der Waals surface area contributed by atoms with E-state index >= 15 is 0 Å². The first kappa shape index (κ1) is 30.0. The average Bonchev–Trinajstić information content (AvgIpc) is 3.30. The number of phenolic OH excluding ortho intramolecular Hbond substituents is 1. The topological polar surface area (TPSA) is 91.9 Å². The van der Waals surface area contributed by atoms with Gasteiger partial charge in [0.25, 0.3) is 0 Å². The fourth-order valence-electron chi connectivity index (χ4n) is 5.63. The summed E-state index contributed by atoms with van der Waals surface area (Å²) in [4.78, 5) is 26.7. The van der Waals surface area contributed by atoms with Crippen LogP contribution in [0.3, 0.4) is 0 Å². The predicted octanol–water partition coefficient (Wildman–Crippen LogP) is 8.93. The number of nitrogens with zero attached hydrogens (tertiary/aromatic N) is 2. The van der Waals surface area contributed by atoms with Crippen molar-refractivity contribution in [1.82, 2.24) is 4.57 Å². The minimum Gasteiger partial charge on any atom is -0.508 e. The van der Waals surface area contributed by atoms with E-state index in [4.69, 9.17) is 0 Å². The summed E-state index contributed by atoms with van der Waals surface area (Å²) in [5, 5.41) is 24.5. The van der Waals surface area contributed by atoms with E-state index in [1.165, 1.54) is 18.6 Å². The fourth-order valence-corrected chi connectivity index (χ4v) is 5.63. The predicted molar refractivity (Wildman–Crippen MR) is 167 cm³/mol. The van der Waals surface area contributed by atoms with Crippen LogP contribution in [0.1, 0.15) is 105 Å². The highest BCUT2D eigenvalue weighted by molar-refractivity contribution is 6.46. The molecule has 0 aliphatic carbocycles. The number of unbranched alkanes of at least 4 members (excludes halogenated alkanes) is 4. The minimum absolute atomic E-state index is 0.113. The fraction of sp³-hybridized carbons (Fsp3) is 0.400. The van der Waals surface area contributed by atoms with Crippen LogP contribution in [0.2, 0.25) is 0 Å². The van der Waals surface area contributed by atoms with Gasteiger partial charge in [-0.3, -0.25) is 9.59 Å². The van der Waals surface area contributed by atoms with Crippen LogP contribution < -0.4 is 0 Å². The second-order valence-electron chi connectivity index (χ2n) is 11.1. The Labute approximate surface area is 242 Å². The van der Waals surface area contributed by atoms with Crippen molar-refractivity contribution in [2.24, 2.45) is 11.1 Å². The number of benzene rings is 3. The van der Waals surface area contributed by atoms with Gasteiger partial charge in [-0.05, 0) is 85.8 Å². The van der Waals surface area contributed by atoms with Gasteiger partial charge in [-0.25, -0.2) is 0 Å². The van der Waals surface area contributed by atoms with Gasteiger partial charge < -0.3 is 14.9 Å². The number of hydrogen-bond acceptors (Lipinski definition) is 5. The van der Waals surface area contributed by atoms with E-state index in [1.54, 1.807) is 12.1 Å². The first-order valence-corrected chi connectivity index (χ1v) is 15.1. The molecule has 6 nitrogen and oxygen atoms in total. The summed E-state index contributed by atoms with van der Waals surface area (Å²) in [6.45, 7) is 7.44. The molecule has 1 heterocycles. The number of oxime groups is 1. The molecule has 2 N–H and O–H groups in total. The number of ketones is 2. The van der Waals surface area contributed by atoms with E-state index in [0.29, 0.717) is 29.0 Å². The second kappa shape index (κ2) is 14.1. The minimum atomic E-state index is -0.266. The number of aromatic hydroxyl groups is 1. The molecule has 0 fully saturated rings. The number of aromatic nitrogens is 1. The summed E-state index contributed by atoms with van der Waals surface area (Å²) >= 11 is 0. The highest BCUT2D eigenvalue weighted by atomic mass is 16.4. The van der Waals surface area contributed by atoms with Crippen molar-refractivity contribution in [3.8, 4) is 5.75 Å². The van der Waals surface area contributed by atoms with Crippen molar-refractivity contribution in [1.29, 1.82) is 0 Å². The molecule has 0 saturated heterocycles. The highest BCUT2D eigenvalue weighted by Gasteiger charge is 2.20. The molecule has 1 aromatic heterocycles. The number of rotatable bonds is 15. The number of carbonyl (C=O) groups is 2. The van der Waals surface area contributed by atoms with Crippen LogP contribution in [-0.2, 0) is 6.54 Å². The molecular weight excluding hydrogens is 512 g/mol. The van der Waals surface area contributed by atoms with Crippen molar-refractivity contribution in [3.63, 3.8) is 0 Å². The second-order valence-corrected chi connectivity index (χ2v) is 11.1. The van der Waals surface area contributed by atoms with Gasteiger partial charge in [0.1, 0.15) is 11.5 Å². The summed E-state index contributed by atoms with van der Waals surface area (Å²) in [6.07, 6.45) is 8.97. The summed E-state index contributed by atoms with van der Waals surface area (Å²) in [6, 6.07) is 17.7. The molecule has 0 saturated carbocycles. The molecule has 216 valence electrons. The standard InChI is InChI=1S/C35H42N2O4/c1-4-7-9-10-12-31(36-41)35(40)27-16-20-33-30(22-27)29-21-26(34(39)25-13-17-28(38)18-14-25)15-19-32(29)37(33)23-24(6-3)11-8-5-2/h13-22,24,38,41H,4-12,23H2,1-3H3/b36-31+. The third-order valence-electron chi connectivity index (χ3n) is 8.15. The molecule has 4 rings (SSSR count). The highest BCUT2D eigenvalue weighted by Crippen LogP contribution is 2.33. The smallest absolute Gasteiger partial charge is 0.210 e. The van der Waals surface area contributed by atoms with Crippen LogP contribution in [-0.4, -0.2) is 32.2 Å². The van der Waals surface area contributed by atoms with E-state index < -0.39 is 0 Å². The van der Waals surface area contributed by atoms with E-state index in [1.807, 2.05) is 36.4 Å². The number of fused-ring (bicyclic) bond motifs is 3. The van der Waals surface area contributed by atoms with Gasteiger partial charge in [0.05, 0.1) is 0 Å². The lowest BCUT2D eigenvalue weighted by Crippen LogP contribution is -2.14. The quantitative estimate of drug-likeness (QED) is 0.0504. The zero-order valence-corrected chi connectivity index (χ0v) is 24.5. The van der Waals surface area contributed by atoms with Crippen molar-refractivity contribution in [2.75, 3.05) is 0 Å². The molecular formula is C35H42N2O4. The lowest BCUT2D eigenvalue weighted by atomic mass is 9.98. The molecule has 4 aromatic rings. The molecule has 0 bridgehead atoms. The number of carbonyl (C=O) groups excluding carboxylic acids is 2. The average molecular weight is 555 g/mol. The Balaban J connectivity index is 1.79.